The molecule has 0 spiro atoms. The molecule has 0 saturated carbocycles. The quantitative estimate of drug-likeness (QED) is 0.443. The van der Waals surface area contributed by atoms with Crippen LogP contribution < -0.4 is 10.6 Å². The molecule has 158 valence electrons. The zero-order valence-corrected chi connectivity index (χ0v) is 19.2. The van der Waals surface area contributed by atoms with Gasteiger partial charge in [-0.3, -0.25) is 4.79 Å². The molecule has 5 heteroatoms. The number of hydrogen-bond donors (Lipinski definition) is 2. The summed E-state index contributed by atoms with van der Waals surface area (Å²) in [6.07, 6.45) is 3.90. The maximum absolute atomic E-state index is 12.7. The maximum Gasteiger partial charge on any atom is 0.251 e. The fraction of sp³-hybridized carbons (Fsp3) is 0.192. The first kappa shape index (κ1) is 21.5. The first-order valence-corrected chi connectivity index (χ1v) is 11.7. The van der Waals surface area contributed by atoms with Gasteiger partial charge in [0.25, 0.3) is 5.91 Å². The summed E-state index contributed by atoms with van der Waals surface area (Å²) in [5.74, 6) is -0.0674. The minimum atomic E-state index is -0.0674. The highest BCUT2D eigenvalue weighted by molar-refractivity contribution is 7.99. The maximum atomic E-state index is 12.7. The second kappa shape index (κ2) is 9.63. The van der Waals surface area contributed by atoms with E-state index < -0.39 is 0 Å². The lowest BCUT2D eigenvalue weighted by Crippen LogP contribution is -2.25. The van der Waals surface area contributed by atoms with Gasteiger partial charge in [0.05, 0.1) is 5.69 Å². The smallest absolute Gasteiger partial charge is 0.251 e. The fourth-order valence-electron chi connectivity index (χ4n) is 3.57. The van der Waals surface area contributed by atoms with Crippen molar-refractivity contribution in [3.8, 4) is 0 Å². The fourth-order valence-corrected chi connectivity index (χ4v) is 4.70. The molecule has 1 aliphatic rings. The molecule has 1 aliphatic heterocycles. The van der Waals surface area contributed by atoms with Gasteiger partial charge in [-0.25, -0.2) is 0 Å². The second-order valence-electron chi connectivity index (χ2n) is 7.60. The molecule has 1 heterocycles. The summed E-state index contributed by atoms with van der Waals surface area (Å²) in [6, 6.07) is 20.1. The topological polar surface area (TPSA) is 41.1 Å². The van der Waals surface area contributed by atoms with Gasteiger partial charge in [0.1, 0.15) is 0 Å². The third-order valence-corrected chi connectivity index (χ3v) is 6.58. The van der Waals surface area contributed by atoms with Crippen molar-refractivity contribution >= 4 is 40.7 Å². The first-order valence-electron chi connectivity index (χ1n) is 10.5. The average Bonchev–Trinajstić information content (AvgIpc) is 2.91. The molecule has 3 aromatic carbocycles. The number of fused-ring (bicyclic) bond motifs is 2. The molecule has 3 nitrogen and oxygen atoms in total. The number of halogens is 1. The van der Waals surface area contributed by atoms with E-state index in [1.54, 1.807) is 11.8 Å². The minimum absolute atomic E-state index is 0.0674. The van der Waals surface area contributed by atoms with Gasteiger partial charge in [0.15, 0.2) is 0 Å². The molecular formula is C26H25ClN2OS. The van der Waals surface area contributed by atoms with Crippen molar-refractivity contribution in [3.05, 3.63) is 94.0 Å². The number of anilines is 1. The van der Waals surface area contributed by atoms with E-state index in [2.05, 4.69) is 48.8 Å². The summed E-state index contributed by atoms with van der Waals surface area (Å²) in [5.41, 5.74) is 6.29. The molecule has 0 aromatic heterocycles. The molecule has 31 heavy (non-hydrogen) atoms. The molecule has 0 radical (unpaired) electrons. The number of rotatable bonds is 5. The molecule has 4 rings (SSSR count). The number of carbonyl (C=O) groups excluding carboxylic acids is 1. The van der Waals surface area contributed by atoms with E-state index in [0.29, 0.717) is 12.1 Å². The molecule has 0 saturated heterocycles. The van der Waals surface area contributed by atoms with Crippen molar-refractivity contribution in [1.82, 2.24) is 5.32 Å². The largest absolute Gasteiger partial charge is 0.354 e. The number of amides is 1. The molecule has 0 bridgehead atoms. The monoisotopic (exact) mass is 448 g/mol. The molecule has 0 unspecified atom stereocenters. The van der Waals surface area contributed by atoms with Gasteiger partial charge in [-0.15, -0.1) is 0 Å². The second-order valence-corrected chi connectivity index (χ2v) is 9.12. The Balaban J connectivity index is 1.51. The molecule has 1 amide bonds. The summed E-state index contributed by atoms with van der Waals surface area (Å²) in [6.45, 7) is 4.82. The summed E-state index contributed by atoms with van der Waals surface area (Å²) in [7, 11) is 0. The Kier molecular flexibility index (Phi) is 6.69. The Morgan fingerprint density at radius 3 is 2.61 bits per heavy atom. The number of benzene rings is 3. The third kappa shape index (κ3) is 5.15. The van der Waals surface area contributed by atoms with Crippen LogP contribution in [0.25, 0.3) is 5.70 Å². The van der Waals surface area contributed by atoms with Crippen molar-refractivity contribution in [2.45, 2.75) is 36.5 Å². The van der Waals surface area contributed by atoms with Crippen LogP contribution in [0.3, 0.4) is 0 Å². The van der Waals surface area contributed by atoms with Crippen molar-refractivity contribution in [2.75, 3.05) is 11.9 Å². The highest BCUT2D eigenvalue weighted by Gasteiger charge is 2.19. The van der Waals surface area contributed by atoms with Crippen molar-refractivity contribution in [1.29, 1.82) is 0 Å². The summed E-state index contributed by atoms with van der Waals surface area (Å²) < 4.78 is 0. The van der Waals surface area contributed by atoms with Crippen LogP contribution in [-0.4, -0.2) is 12.5 Å². The van der Waals surface area contributed by atoms with Crippen LogP contribution in [0.4, 0.5) is 5.69 Å². The summed E-state index contributed by atoms with van der Waals surface area (Å²) >= 11 is 7.66. The number of aryl methyl sites for hydroxylation is 1. The number of hydrogen-bond acceptors (Lipinski definition) is 3. The standard InChI is InChI=1S/C26H25ClN2OS/c1-3-4-22-21-15-17(2)5-11-24(21)31-25-12-8-19(16-23(25)29-22)26(30)28-14-13-18-6-9-20(27)10-7-18/h4-12,15-16,29H,3,13-14H2,1-2H3,(H,28,30). The first-order chi connectivity index (χ1) is 15.0. The normalized spacial score (nSPS) is 13.7. The molecule has 0 aliphatic carbocycles. The van der Waals surface area contributed by atoms with Crippen molar-refractivity contribution < 1.29 is 4.79 Å². The van der Waals surface area contributed by atoms with Gasteiger partial charge in [0, 0.05) is 38.2 Å². The van der Waals surface area contributed by atoms with Crippen LogP contribution in [-0.2, 0) is 6.42 Å². The summed E-state index contributed by atoms with van der Waals surface area (Å²) in [5, 5.41) is 7.32. The van der Waals surface area contributed by atoms with Crippen LogP contribution in [0, 0.1) is 6.92 Å². The van der Waals surface area contributed by atoms with Crippen LogP contribution in [0.1, 0.15) is 40.4 Å². The van der Waals surface area contributed by atoms with E-state index in [1.807, 2.05) is 42.5 Å². The van der Waals surface area contributed by atoms with Crippen LogP contribution in [0.2, 0.25) is 5.02 Å². The predicted molar refractivity (Wildman–Crippen MR) is 131 cm³/mol. The van der Waals surface area contributed by atoms with Gasteiger partial charge < -0.3 is 10.6 Å². The molecular weight excluding hydrogens is 424 g/mol. The average molecular weight is 449 g/mol. The predicted octanol–water partition coefficient (Wildman–Crippen LogP) is 6.95. The number of nitrogens with one attached hydrogen (secondary N) is 2. The van der Waals surface area contributed by atoms with Gasteiger partial charge in [-0.05, 0) is 67.8 Å². The zero-order valence-electron chi connectivity index (χ0n) is 17.7. The van der Waals surface area contributed by atoms with E-state index in [4.69, 9.17) is 11.6 Å². The highest BCUT2D eigenvalue weighted by Crippen LogP contribution is 2.42. The molecule has 3 aromatic rings. The number of carbonyl (C=O) groups is 1. The van der Waals surface area contributed by atoms with E-state index in [0.717, 1.165) is 39.7 Å². The van der Waals surface area contributed by atoms with E-state index in [1.165, 1.54) is 16.0 Å². The zero-order chi connectivity index (χ0) is 21.8. The lowest BCUT2D eigenvalue weighted by atomic mass is 10.1. The molecule has 2 N–H and O–H groups in total. The Labute approximate surface area is 192 Å². The van der Waals surface area contributed by atoms with Crippen molar-refractivity contribution in [2.24, 2.45) is 0 Å². The van der Waals surface area contributed by atoms with Crippen molar-refractivity contribution in [3.63, 3.8) is 0 Å². The summed E-state index contributed by atoms with van der Waals surface area (Å²) in [4.78, 5) is 15.1. The minimum Gasteiger partial charge on any atom is -0.354 e. The van der Waals surface area contributed by atoms with E-state index in [-0.39, 0.29) is 5.91 Å². The third-order valence-electron chi connectivity index (χ3n) is 5.18. The Bertz CT molecular complexity index is 1140. The van der Waals surface area contributed by atoms with Gasteiger partial charge in [-0.1, -0.05) is 60.1 Å². The van der Waals surface area contributed by atoms with Crippen LogP contribution in [0.5, 0.6) is 0 Å². The lowest BCUT2D eigenvalue weighted by Gasteiger charge is -2.13. The van der Waals surface area contributed by atoms with Crippen LogP contribution in [0.15, 0.2) is 76.5 Å². The Hall–Kier alpha value is -2.69. The molecule has 0 fully saturated rings. The van der Waals surface area contributed by atoms with Crippen LogP contribution >= 0.6 is 23.4 Å². The van der Waals surface area contributed by atoms with Gasteiger partial charge in [0.2, 0.25) is 0 Å². The van der Waals surface area contributed by atoms with E-state index in [9.17, 15) is 4.79 Å². The van der Waals surface area contributed by atoms with Gasteiger partial charge in [-0.2, -0.15) is 0 Å². The van der Waals surface area contributed by atoms with E-state index >= 15 is 0 Å². The lowest BCUT2D eigenvalue weighted by molar-refractivity contribution is 0.0954. The number of allylic oxidation sites excluding steroid dienone is 1. The molecule has 0 atom stereocenters. The van der Waals surface area contributed by atoms with Gasteiger partial charge >= 0.3 is 0 Å². The highest BCUT2D eigenvalue weighted by atomic mass is 35.5. The Morgan fingerprint density at radius 1 is 1.06 bits per heavy atom. The SMILES string of the molecule is CCC=C1Nc2cc(C(=O)NCCc3ccc(Cl)cc3)ccc2Sc2ccc(C)cc21. The Morgan fingerprint density at radius 2 is 1.84 bits per heavy atom.